The first kappa shape index (κ1) is 30.6. The van der Waals surface area contributed by atoms with Gasteiger partial charge in [0.2, 0.25) is 0 Å². The molecule has 2 aromatic carbocycles. The molecule has 7 atom stereocenters. The molecule has 1 aromatic heterocycles. The number of hydrogen-bond donors (Lipinski definition) is 6. The van der Waals surface area contributed by atoms with Crippen molar-refractivity contribution in [1.29, 1.82) is 0 Å². The van der Waals surface area contributed by atoms with E-state index in [0.717, 1.165) is 27.6 Å². The van der Waals surface area contributed by atoms with E-state index < -0.39 is 72.5 Å². The lowest BCUT2D eigenvalue weighted by Gasteiger charge is -2.20. The van der Waals surface area contributed by atoms with Crippen LogP contribution < -0.4 is 11.2 Å². The van der Waals surface area contributed by atoms with Gasteiger partial charge in [0.25, 0.3) is 5.56 Å². The van der Waals surface area contributed by atoms with Crippen LogP contribution in [-0.2, 0) is 42.7 Å². The fourth-order valence-corrected chi connectivity index (χ4v) is 7.20. The Balaban J connectivity index is 1.32. The molecule has 0 amide bonds. The third kappa shape index (κ3) is 7.69. The summed E-state index contributed by atoms with van der Waals surface area (Å²) in [6.07, 6.45) is -5.69. The van der Waals surface area contributed by atoms with Crippen molar-refractivity contribution in [3.05, 3.63) is 81.1 Å². The number of benzene rings is 2. The summed E-state index contributed by atoms with van der Waals surface area (Å²) >= 11 is 0. The SMILES string of the molecule is O=c1ccn([C@@H]2O[C@H](COP(=O)(O)OP(=O)(O)OP(=O)(O)OCc3ccc4ccccc4c3)[C@H](O)C2O)c(=O)[nH]1. The number of nitrogens with zero attached hydrogens (tertiary/aromatic N) is 1. The van der Waals surface area contributed by atoms with Crippen molar-refractivity contribution in [3.63, 3.8) is 0 Å². The zero-order valence-corrected chi connectivity index (χ0v) is 22.7. The van der Waals surface area contributed by atoms with Crippen LogP contribution in [-0.4, -0.2) is 59.4 Å². The zero-order valence-electron chi connectivity index (χ0n) is 20.0. The van der Waals surface area contributed by atoms with Crippen molar-refractivity contribution in [1.82, 2.24) is 9.55 Å². The van der Waals surface area contributed by atoms with Crippen LogP contribution in [0.25, 0.3) is 10.8 Å². The molecule has 0 bridgehead atoms. The van der Waals surface area contributed by atoms with Gasteiger partial charge in [-0.3, -0.25) is 23.4 Å². The van der Waals surface area contributed by atoms with Gasteiger partial charge in [-0.2, -0.15) is 8.62 Å². The molecule has 0 radical (unpaired) electrons. The maximum atomic E-state index is 12.2. The summed E-state index contributed by atoms with van der Waals surface area (Å²) in [5.74, 6) is 0. The summed E-state index contributed by atoms with van der Waals surface area (Å²) in [5.41, 5.74) is -1.33. The average Bonchev–Trinajstić information content (AvgIpc) is 3.13. The molecule has 3 aromatic rings. The van der Waals surface area contributed by atoms with Gasteiger partial charge in [-0.15, -0.1) is 0 Å². The lowest BCUT2D eigenvalue weighted by Crippen LogP contribution is -2.37. The third-order valence-corrected chi connectivity index (χ3v) is 9.72. The Labute approximate surface area is 224 Å². The van der Waals surface area contributed by atoms with Gasteiger partial charge in [-0.1, -0.05) is 36.4 Å². The van der Waals surface area contributed by atoms with Crippen LogP contribution in [0.2, 0.25) is 0 Å². The minimum atomic E-state index is -5.76. The zero-order chi connectivity index (χ0) is 29.3. The summed E-state index contributed by atoms with van der Waals surface area (Å²) in [7, 11) is -16.6. The van der Waals surface area contributed by atoms with Gasteiger partial charge < -0.3 is 29.6 Å². The predicted molar refractivity (Wildman–Crippen MR) is 134 cm³/mol. The number of H-pyrrole nitrogens is 1. The molecule has 6 N–H and O–H groups in total. The van der Waals surface area contributed by atoms with Crippen LogP contribution in [0.3, 0.4) is 0 Å². The van der Waals surface area contributed by atoms with Crippen molar-refractivity contribution in [3.8, 4) is 0 Å². The summed E-state index contributed by atoms with van der Waals surface area (Å²) in [6, 6.07) is 13.1. The second kappa shape index (κ2) is 11.9. The highest BCUT2D eigenvalue weighted by atomic mass is 31.3. The smallest absolute Gasteiger partial charge is 0.387 e. The Morgan fingerprint density at radius 1 is 0.850 bits per heavy atom. The van der Waals surface area contributed by atoms with E-state index in [1.54, 1.807) is 30.3 Å². The molecule has 2 heterocycles. The number of aromatic amines is 1. The minimum absolute atomic E-state index is 0.404. The Bertz CT molecular complexity index is 1640. The van der Waals surface area contributed by atoms with E-state index in [1.807, 2.05) is 17.1 Å². The molecule has 1 fully saturated rings. The van der Waals surface area contributed by atoms with E-state index >= 15 is 0 Å². The number of rotatable bonds is 11. The van der Waals surface area contributed by atoms with E-state index in [0.29, 0.717) is 5.56 Å². The van der Waals surface area contributed by atoms with Gasteiger partial charge in [-0.25, -0.2) is 18.5 Å². The summed E-state index contributed by atoms with van der Waals surface area (Å²) in [5, 5.41) is 22.0. The van der Waals surface area contributed by atoms with Crippen molar-refractivity contribution in [2.45, 2.75) is 31.1 Å². The fourth-order valence-electron chi connectivity index (χ4n) is 3.70. The molecule has 0 saturated carbocycles. The molecule has 4 unspecified atom stereocenters. The molecule has 40 heavy (non-hydrogen) atoms. The first-order valence-corrected chi connectivity index (χ1v) is 15.6. The van der Waals surface area contributed by atoms with Gasteiger partial charge in [0, 0.05) is 12.3 Å². The van der Waals surface area contributed by atoms with E-state index in [9.17, 15) is 48.2 Å². The number of nitrogens with one attached hydrogen (secondary N) is 1. The lowest BCUT2D eigenvalue weighted by molar-refractivity contribution is -0.0542. The Morgan fingerprint density at radius 2 is 1.50 bits per heavy atom. The van der Waals surface area contributed by atoms with Crippen LogP contribution in [0.4, 0.5) is 0 Å². The fraction of sp³-hybridized carbons (Fsp3) is 0.300. The van der Waals surface area contributed by atoms with Gasteiger partial charge in [0.05, 0.1) is 13.2 Å². The second-order valence-electron chi connectivity index (χ2n) is 8.38. The number of aliphatic hydroxyl groups is 2. The number of hydrogen-bond acceptors (Lipinski definition) is 12. The second-order valence-corrected chi connectivity index (χ2v) is 13.0. The number of aromatic nitrogens is 2. The molecule has 0 aliphatic carbocycles. The minimum Gasteiger partial charge on any atom is -0.387 e. The van der Waals surface area contributed by atoms with E-state index in [4.69, 9.17) is 4.74 Å². The lowest BCUT2D eigenvalue weighted by atomic mass is 10.1. The molecular weight excluding hydrogens is 601 g/mol. The topological polar surface area (TPSA) is 253 Å². The highest BCUT2D eigenvalue weighted by molar-refractivity contribution is 7.66. The number of fused-ring (bicyclic) bond motifs is 1. The monoisotopic (exact) mass is 624 g/mol. The van der Waals surface area contributed by atoms with E-state index in [1.165, 1.54) is 0 Å². The largest absolute Gasteiger partial charge is 0.490 e. The molecule has 17 nitrogen and oxygen atoms in total. The maximum Gasteiger partial charge on any atom is 0.490 e. The number of phosphoric acid groups is 3. The highest BCUT2D eigenvalue weighted by Gasteiger charge is 2.47. The molecule has 1 aliphatic heterocycles. The van der Waals surface area contributed by atoms with Crippen molar-refractivity contribution >= 4 is 34.2 Å². The van der Waals surface area contributed by atoms with Crippen molar-refractivity contribution in [2.24, 2.45) is 0 Å². The normalized spacial score (nSPS) is 25.7. The quantitative estimate of drug-likeness (QED) is 0.162. The summed E-state index contributed by atoms with van der Waals surface area (Å²) in [6.45, 7) is -1.57. The van der Waals surface area contributed by atoms with Crippen LogP contribution in [0.5, 0.6) is 0 Å². The van der Waals surface area contributed by atoms with Gasteiger partial charge in [-0.05, 0) is 22.4 Å². The predicted octanol–water partition coefficient (Wildman–Crippen LogP) is 0.877. The van der Waals surface area contributed by atoms with Gasteiger partial charge in [0.15, 0.2) is 6.23 Å². The van der Waals surface area contributed by atoms with Crippen molar-refractivity contribution in [2.75, 3.05) is 6.61 Å². The first-order valence-electron chi connectivity index (χ1n) is 11.2. The van der Waals surface area contributed by atoms with Gasteiger partial charge >= 0.3 is 29.2 Å². The molecule has 4 rings (SSSR count). The number of aliphatic hydroxyl groups excluding tert-OH is 2. The van der Waals surface area contributed by atoms with E-state index in [2.05, 4.69) is 17.7 Å². The van der Waals surface area contributed by atoms with Gasteiger partial charge in [0.1, 0.15) is 18.3 Å². The maximum absolute atomic E-state index is 12.2. The Hall–Kier alpha value is -2.33. The van der Waals surface area contributed by atoms with Crippen LogP contribution in [0.15, 0.2) is 64.3 Å². The van der Waals surface area contributed by atoms with Crippen molar-refractivity contribution < 1.29 is 61.0 Å². The molecule has 20 heteroatoms. The Morgan fingerprint density at radius 3 is 2.17 bits per heavy atom. The first-order chi connectivity index (χ1) is 18.6. The summed E-state index contributed by atoms with van der Waals surface area (Å²) in [4.78, 5) is 54.4. The average molecular weight is 624 g/mol. The Kier molecular flexibility index (Phi) is 9.10. The third-order valence-electron chi connectivity index (χ3n) is 5.49. The highest BCUT2D eigenvalue weighted by Crippen LogP contribution is 2.67. The standard InChI is InChI=1S/C20H23N2O15P3/c23-16-7-8-22(20(26)21-16)19-18(25)17(24)15(35-19)11-34-39(29,30)37-40(31,32)36-38(27,28)33-10-12-5-6-13-3-1-2-4-14(13)9-12/h1-9,15,17-19,24-25H,10-11H2,(H,27,28)(H,29,30)(H,31,32)(H,21,23,26)/t15-,17+,18?,19-/m1/s1. The molecule has 1 aliphatic rings. The number of phosphoric ester groups is 2. The summed E-state index contributed by atoms with van der Waals surface area (Å²) < 4.78 is 59.8. The molecule has 0 spiro atoms. The van der Waals surface area contributed by atoms with Crippen LogP contribution in [0, 0.1) is 0 Å². The number of ether oxygens (including phenoxy) is 1. The van der Waals surface area contributed by atoms with Crippen LogP contribution >= 0.6 is 23.5 Å². The molecular formula is C20H23N2O15P3. The molecule has 218 valence electrons. The van der Waals surface area contributed by atoms with Crippen LogP contribution in [0.1, 0.15) is 11.8 Å². The molecule has 1 saturated heterocycles. The van der Waals surface area contributed by atoms with E-state index in [-0.39, 0.29) is 0 Å².